The third kappa shape index (κ3) is 4.20. The molecule has 7 heteroatoms. The number of aromatic carboxylic acids is 1. The average molecular weight is 290 g/mol. The lowest BCUT2D eigenvalue weighted by Gasteiger charge is -2.09. The van der Waals surface area contributed by atoms with Crippen molar-refractivity contribution in [3.63, 3.8) is 0 Å². The standard InChI is InChI=1S/C12H15FO5S/c1-8(2)19(16,17)6-5-18-9-3-4-10(12(14)15)11(13)7-9/h3-4,7-8H,5-6H2,1-2H3,(H,14,15). The second-order valence-electron chi connectivity index (χ2n) is 4.21. The monoisotopic (exact) mass is 290 g/mol. The van der Waals surface area contributed by atoms with E-state index in [1.807, 2.05) is 0 Å². The summed E-state index contributed by atoms with van der Waals surface area (Å²) in [6.45, 7) is 3.03. The molecule has 106 valence electrons. The van der Waals surface area contributed by atoms with Crippen LogP contribution in [0.15, 0.2) is 18.2 Å². The van der Waals surface area contributed by atoms with Gasteiger partial charge in [0.25, 0.3) is 0 Å². The molecule has 0 aliphatic rings. The van der Waals surface area contributed by atoms with Gasteiger partial charge in [0.15, 0.2) is 9.84 Å². The van der Waals surface area contributed by atoms with E-state index in [-0.39, 0.29) is 18.1 Å². The number of carboxylic acid groups (broad SMARTS) is 1. The number of hydrogen-bond acceptors (Lipinski definition) is 4. The normalized spacial score (nSPS) is 11.6. The summed E-state index contributed by atoms with van der Waals surface area (Å²) in [5.74, 6) is -2.36. The molecule has 1 aromatic carbocycles. The van der Waals surface area contributed by atoms with Crippen LogP contribution >= 0.6 is 0 Å². The third-order valence-corrected chi connectivity index (χ3v) is 4.70. The summed E-state index contributed by atoms with van der Waals surface area (Å²) in [6.07, 6.45) is 0. The maximum absolute atomic E-state index is 13.3. The van der Waals surface area contributed by atoms with E-state index in [0.717, 1.165) is 12.1 Å². The first-order chi connectivity index (χ1) is 8.74. The lowest BCUT2D eigenvalue weighted by molar-refractivity contribution is 0.0692. The molecular weight excluding hydrogens is 275 g/mol. The molecule has 1 aromatic rings. The highest BCUT2D eigenvalue weighted by molar-refractivity contribution is 7.91. The van der Waals surface area contributed by atoms with Gasteiger partial charge in [0.1, 0.15) is 18.2 Å². The fraction of sp³-hybridized carbons (Fsp3) is 0.417. The van der Waals surface area contributed by atoms with E-state index in [1.54, 1.807) is 13.8 Å². The van der Waals surface area contributed by atoms with Gasteiger partial charge in [-0.25, -0.2) is 17.6 Å². The Morgan fingerprint density at radius 1 is 1.42 bits per heavy atom. The van der Waals surface area contributed by atoms with Crippen LogP contribution in [0, 0.1) is 5.82 Å². The fourth-order valence-electron chi connectivity index (χ4n) is 1.27. The Morgan fingerprint density at radius 3 is 2.53 bits per heavy atom. The Kier molecular flexibility index (Phi) is 4.88. The number of benzene rings is 1. The molecule has 0 heterocycles. The fourth-order valence-corrected chi connectivity index (χ4v) is 2.06. The lowest BCUT2D eigenvalue weighted by Crippen LogP contribution is -2.22. The van der Waals surface area contributed by atoms with E-state index < -0.39 is 32.4 Å². The second kappa shape index (κ2) is 6.01. The third-order valence-electron chi connectivity index (χ3n) is 2.53. The minimum atomic E-state index is -3.21. The zero-order chi connectivity index (χ0) is 14.6. The number of sulfone groups is 1. The van der Waals surface area contributed by atoms with Crippen molar-refractivity contribution in [3.8, 4) is 5.75 Å². The second-order valence-corrected chi connectivity index (χ2v) is 6.89. The molecule has 0 saturated heterocycles. The molecule has 5 nitrogen and oxygen atoms in total. The molecule has 1 rings (SSSR count). The first-order valence-corrected chi connectivity index (χ1v) is 7.33. The Labute approximate surface area is 110 Å². The van der Waals surface area contributed by atoms with Gasteiger partial charge in [-0.3, -0.25) is 0 Å². The minimum Gasteiger partial charge on any atom is -0.492 e. The highest BCUT2D eigenvalue weighted by Gasteiger charge is 2.16. The molecule has 0 spiro atoms. The first-order valence-electron chi connectivity index (χ1n) is 5.61. The van der Waals surface area contributed by atoms with E-state index >= 15 is 0 Å². The van der Waals surface area contributed by atoms with E-state index in [0.29, 0.717) is 0 Å². The smallest absolute Gasteiger partial charge is 0.338 e. The summed E-state index contributed by atoms with van der Waals surface area (Å²) in [4.78, 5) is 10.6. The van der Waals surface area contributed by atoms with Crippen LogP contribution in [0.3, 0.4) is 0 Å². The molecule has 0 radical (unpaired) electrons. The van der Waals surface area contributed by atoms with Gasteiger partial charge in [0, 0.05) is 6.07 Å². The predicted molar refractivity (Wildman–Crippen MR) is 67.8 cm³/mol. The number of rotatable bonds is 6. The number of hydrogen-bond donors (Lipinski definition) is 1. The SMILES string of the molecule is CC(C)S(=O)(=O)CCOc1ccc(C(=O)O)c(F)c1. The van der Waals surface area contributed by atoms with Gasteiger partial charge < -0.3 is 9.84 Å². The molecule has 0 fully saturated rings. The molecule has 0 unspecified atom stereocenters. The molecular formula is C12H15FO5S. The summed E-state index contributed by atoms with van der Waals surface area (Å²) in [5, 5.41) is 8.14. The van der Waals surface area contributed by atoms with Crippen molar-refractivity contribution in [1.29, 1.82) is 0 Å². The maximum Gasteiger partial charge on any atom is 0.338 e. The molecule has 19 heavy (non-hydrogen) atoms. The topological polar surface area (TPSA) is 80.7 Å². The molecule has 0 aliphatic carbocycles. The van der Waals surface area contributed by atoms with E-state index in [2.05, 4.69) is 0 Å². The molecule has 1 N–H and O–H groups in total. The van der Waals surface area contributed by atoms with Gasteiger partial charge in [-0.1, -0.05) is 0 Å². The Morgan fingerprint density at radius 2 is 2.05 bits per heavy atom. The summed E-state index contributed by atoms with van der Waals surface area (Å²) >= 11 is 0. The number of carbonyl (C=O) groups is 1. The van der Waals surface area contributed by atoms with Gasteiger partial charge in [-0.15, -0.1) is 0 Å². The van der Waals surface area contributed by atoms with Crippen molar-refractivity contribution < 1.29 is 27.4 Å². The van der Waals surface area contributed by atoms with E-state index in [1.165, 1.54) is 6.07 Å². The molecule has 0 aliphatic heterocycles. The Balaban J connectivity index is 2.65. The number of ether oxygens (including phenoxy) is 1. The quantitative estimate of drug-likeness (QED) is 0.863. The van der Waals surface area contributed by atoms with E-state index in [4.69, 9.17) is 9.84 Å². The predicted octanol–water partition coefficient (Wildman–Crippen LogP) is 1.73. The van der Waals surface area contributed by atoms with Crippen molar-refractivity contribution in [2.45, 2.75) is 19.1 Å². The van der Waals surface area contributed by atoms with Gasteiger partial charge in [-0.2, -0.15) is 0 Å². The highest BCUT2D eigenvalue weighted by Crippen LogP contribution is 2.17. The largest absolute Gasteiger partial charge is 0.492 e. The Bertz CT molecular complexity index is 565. The van der Waals surface area contributed by atoms with Crippen LogP contribution in [0.25, 0.3) is 0 Å². The van der Waals surface area contributed by atoms with Crippen molar-refractivity contribution in [2.75, 3.05) is 12.4 Å². The van der Waals surface area contributed by atoms with Crippen LogP contribution in [0.1, 0.15) is 24.2 Å². The maximum atomic E-state index is 13.3. The van der Waals surface area contributed by atoms with Crippen LogP contribution < -0.4 is 4.74 Å². The van der Waals surface area contributed by atoms with Gasteiger partial charge >= 0.3 is 5.97 Å². The zero-order valence-corrected chi connectivity index (χ0v) is 11.4. The van der Waals surface area contributed by atoms with Crippen molar-refractivity contribution in [3.05, 3.63) is 29.6 Å². The van der Waals surface area contributed by atoms with Crippen molar-refractivity contribution in [1.82, 2.24) is 0 Å². The van der Waals surface area contributed by atoms with Crippen LogP contribution in [-0.4, -0.2) is 37.1 Å². The molecule has 0 aromatic heterocycles. The van der Waals surface area contributed by atoms with Gasteiger partial charge in [0.05, 0.1) is 16.6 Å². The lowest BCUT2D eigenvalue weighted by atomic mass is 10.2. The van der Waals surface area contributed by atoms with E-state index in [9.17, 15) is 17.6 Å². The van der Waals surface area contributed by atoms with Crippen LogP contribution in [0.4, 0.5) is 4.39 Å². The number of carboxylic acids is 1. The average Bonchev–Trinajstić information content (AvgIpc) is 2.28. The zero-order valence-electron chi connectivity index (χ0n) is 10.6. The number of halogens is 1. The summed E-state index contributed by atoms with van der Waals surface area (Å²) in [7, 11) is -3.21. The summed E-state index contributed by atoms with van der Waals surface area (Å²) < 4.78 is 41.4. The summed E-state index contributed by atoms with van der Waals surface area (Å²) in [5.41, 5.74) is -0.456. The van der Waals surface area contributed by atoms with Crippen LogP contribution in [-0.2, 0) is 9.84 Å². The summed E-state index contributed by atoms with van der Waals surface area (Å²) in [6, 6.07) is 3.28. The van der Waals surface area contributed by atoms with Crippen molar-refractivity contribution in [2.24, 2.45) is 0 Å². The minimum absolute atomic E-state index is 0.0986. The van der Waals surface area contributed by atoms with Crippen LogP contribution in [0.2, 0.25) is 0 Å². The van der Waals surface area contributed by atoms with Gasteiger partial charge in [0.2, 0.25) is 0 Å². The highest BCUT2D eigenvalue weighted by atomic mass is 32.2. The van der Waals surface area contributed by atoms with Crippen molar-refractivity contribution >= 4 is 15.8 Å². The first kappa shape index (κ1) is 15.4. The van der Waals surface area contributed by atoms with Crippen LogP contribution in [0.5, 0.6) is 5.75 Å². The van der Waals surface area contributed by atoms with Gasteiger partial charge in [-0.05, 0) is 26.0 Å². The molecule has 0 bridgehead atoms. The molecule has 0 saturated carbocycles. The molecule has 0 atom stereocenters. The Hall–Kier alpha value is -1.63. The molecule has 0 amide bonds.